The molecule has 1 saturated heterocycles. The molecule has 1 aliphatic heterocycles. The van der Waals surface area contributed by atoms with Crippen molar-refractivity contribution in [3.63, 3.8) is 0 Å². The number of amides is 1. The summed E-state index contributed by atoms with van der Waals surface area (Å²) in [5.74, 6) is 0.692. The molecular weight excluding hydrogens is 364 g/mol. The van der Waals surface area contributed by atoms with Crippen LogP contribution in [0.4, 0.5) is 0 Å². The van der Waals surface area contributed by atoms with Crippen molar-refractivity contribution in [1.29, 1.82) is 0 Å². The minimum absolute atomic E-state index is 0.0637. The number of H-pyrrole nitrogens is 1. The first-order valence-corrected chi connectivity index (χ1v) is 9.41. The van der Waals surface area contributed by atoms with Crippen molar-refractivity contribution in [1.82, 2.24) is 20.2 Å². The molecule has 27 heavy (non-hydrogen) atoms. The van der Waals surface area contributed by atoms with Crippen LogP contribution in [-0.4, -0.2) is 60.2 Å². The van der Waals surface area contributed by atoms with E-state index < -0.39 is 0 Å². The van der Waals surface area contributed by atoms with Crippen molar-refractivity contribution in [2.75, 3.05) is 39.4 Å². The maximum atomic E-state index is 12.3. The number of nitrogens with one attached hydrogen (secondary N) is 2. The monoisotopic (exact) mass is 384 g/mol. The average Bonchev–Trinajstić information content (AvgIpc) is 3.12. The number of fused-ring (bicyclic) bond motifs is 1. The average molecular weight is 385 g/mol. The molecule has 0 spiro atoms. The van der Waals surface area contributed by atoms with Crippen LogP contribution in [0.2, 0.25) is 5.02 Å². The zero-order chi connectivity index (χ0) is 18.6. The van der Waals surface area contributed by atoms with Gasteiger partial charge in [-0.15, -0.1) is 0 Å². The smallest absolute Gasteiger partial charge is 0.251 e. The lowest BCUT2D eigenvalue weighted by molar-refractivity contribution is 0.0383. The molecule has 0 saturated carbocycles. The van der Waals surface area contributed by atoms with Crippen LogP contribution >= 0.6 is 11.6 Å². The molecule has 140 valence electrons. The van der Waals surface area contributed by atoms with Gasteiger partial charge in [0, 0.05) is 42.3 Å². The number of morpholine rings is 1. The predicted octanol–water partition coefficient (Wildman–Crippen LogP) is 2.95. The van der Waals surface area contributed by atoms with Gasteiger partial charge in [0.05, 0.1) is 24.2 Å². The Labute approximate surface area is 162 Å². The second-order valence-corrected chi connectivity index (χ2v) is 6.97. The molecule has 0 atom stereocenters. The molecule has 0 aliphatic carbocycles. The third kappa shape index (κ3) is 4.30. The highest BCUT2D eigenvalue weighted by molar-refractivity contribution is 6.31. The van der Waals surface area contributed by atoms with E-state index in [-0.39, 0.29) is 5.91 Å². The Hall–Kier alpha value is -2.41. The van der Waals surface area contributed by atoms with Gasteiger partial charge >= 0.3 is 0 Å². The first kappa shape index (κ1) is 18.0. The molecule has 0 radical (unpaired) electrons. The Balaban J connectivity index is 1.38. The molecule has 4 rings (SSSR count). The van der Waals surface area contributed by atoms with Gasteiger partial charge in [0.1, 0.15) is 5.82 Å². The molecule has 2 N–H and O–H groups in total. The summed E-state index contributed by atoms with van der Waals surface area (Å²) < 4.78 is 5.33. The second-order valence-electron chi connectivity index (χ2n) is 6.53. The summed E-state index contributed by atoms with van der Waals surface area (Å²) >= 11 is 6.02. The summed E-state index contributed by atoms with van der Waals surface area (Å²) in [7, 11) is 0. The number of imidazole rings is 1. The van der Waals surface area contributed by atoms with E-state index in [1.165, 1.54) is 0 Å². The van der Waals surface area contributed by atoms with Crippen molar-refractivity contribution in [3.8, 4) is 11.4 Å². The SMILES string of the molecule is O=C(NCCN1CCOCC1)c1ccc(-c2nc3ccc(Cl)cc3[nH]2)cc1. The lowest BCUT2D eigenvalue weighted by Gasteiger charge is -2.26. The third-order valence-electron chi connectivity index (χ3n) is 4.68. The van der Waals surface area contributed by atoms with E-state index in [0.29, 0.717) is 17.1 Å². The Morgan fingerprint density at radius 2 is 1.96 bits per heavy atom. The maximum Gasteiger partial charge on any atom is 0.251 e. The van der Waals surface area contributed by atoms with E-state index in [2.05, 4.69) is 20.2 Å². The number of ether oxygens (including phenoxy) is 1. The fourth-order valence-corrected chi connectivity index (χ4v) is 3.32. The quantitative estimate of drug-likeness (QED) is 0.709. The number of aromatic nitrogens is 2. The van der Waals surface area contributed by atoms with Gasteiger partial charge in [-0.25, -0.2) is 4.98 Å². The zero-order valence-electron chi connectivity index (χ0n) is 14.9. The number of hydrogen-bond acceptors (Lipinski definition) is 4. The highest BCUT2D eigenvalue weighted by Crippen LogP contribution is 2.23. The van der Waals surface area contributed by atoms with Crippen molar-refractivity contribution in [2.45, 2.75) is 0 Å². The summed E-state index contributed by atoms with van der Waals surface area (Å²) in [6.07, 6.45) is 0. The zero-order valence-corrected chi connectivity index (χ0v) is 15.6. The summed E-state index contributed by atoms with van der Waals surface area (Å²) in [6.45, 7) is 4.85. The molecular formula is C20H21ClN4O2. The highest BCUT2D eigenvalue weighted by atomic mass is 35.5. The van der Waals surface area contributed by atoms with Crippen LogP contribution in [0, 0.1) is 0 Å². The topological polar surface area (TPSA) is 70.2 Å². The fraction of sp³-hybridized carbons (Fsp3) is 0.300. The van der Waals surface area contributed by atoms with Gasteiger partial charge in [0.25, 0.3) is 5.91 Å². The lowest BCUT2D eigenvalue weighted by Crippen LogP contribution is -2.41. The van der Waals surface area contributed by atoms with E-state index in [4.69, 9.17) is 16.3 Å². The molecule has 2 aromatic carbocycles. The van der Waals surface area contributed by atoms with Crippen molar-refractivity contribution in [3.05, 3.63) is 53.1 Å². The molecule has 7 heteroatoms. The van der Waals surface area contributed by atoms with Crippen LogP contribution in [0.15, 0.2) is 42.5 Å². The number of benzene rings is 2. The molecule has 1 aromatic heterocycles. The maximum absolute atomic E-state index is 12.3. The summed E-state index contributed by atoms with van der Waals surface area (Å²) in [6, 6.07) is 13.0. The number of aromatic amines is 1. The first-order chi connectivity index (χ1) is 13.2. The van der Waals surface area contributed by atoms with E-state index in [0.717, 1.165) is 55.3 Å². The van der Waals surface area contributed by atoms with Crippen LogP contribution in [0.1, 0.15) is 10.4 Å². The Bertz CT molecular complexity index is 933. The number of nitrogens with zero attached hydrogens (tertiary/aromatic N) is 2. The van der Waals surface area contributed by atoms with Gasteiger partial charge in [-0.3, -0.25) is 9.69 Å². The van der Waals surface area contributed by atoms with Gasteiger partial charge in [-0.05, 0) is 30.3 Å². The van der Waals surface area contributed by atoms with Crippen molar-refractivity contribution in [2.24, 2.45) is 0 Å². The molecule has 0 unspecified atom stereocenters. The Morgan fingerprint density at radius 3 is 2.74 bits per heavy atom. The number of hydrogen-bond donors (Lipinski definition) is 2. The van der Waals surface area contributed by atoms with Crippen LogP contribution in [0.5, 0.6) is 0 Å². The van der Waals surface area contributed by atoms with Crippen molar-refractivity contribution >= 4 is 28.5 Å². The van der Waals surface area contributed by atoms with E-state index in [1.54, 1.807) is 0 Å². The predicted molar refractivity (Wildman–Crippen MR) is 106 cm³/mol. The summed E-state index contributed by atoms with van der Waals surface area (Å²) in [5, 5.41) is 3.64. The second kappa shape index (κ2) is 8.08. The minimum atomic E-state index is -0.0637. The summed E-state index contributed by atoms with van der Waals surface area (Å²) in [5.41, 5.74) is 3.31. The van der Waals surface area contributed by atoms with Crippen LogP contribution in [-0.2, 0) is 4.74 Å². The minimum Gasteiger partial charge on any atom is -0.379 e. The van der Waals surface area contributed by atoms with Crippen LogP contribution in [0.3, 0.4) is 0 Å². The number of rotatable bonds is 5. The largest absolute Gasteiger partial charge is 0.379 e. The van der Waals surface area contributed by atoms with Gasteiger partial charge in [-0.1, -0.05) is 23.7 Å². The molecule has 1 aliphatic rings. The summed E-state index contributed by atoms with van der Waals surface area (Å²) in [4.78, 5) is 22.4. The molecule has 2 heterocycles. The molecule has 1 fully saturated rings. The van der Waals surface area contributed by atoms with E-state index >= 15 is 0 Å². The molecule has 0 bridgehead atoms. The Morgan fingerprint density at radius 1 is 1.19 bits per heavy atom. The number of carbonyl (C=O) groups excluding carboxylic acids is 1. The fourth-order valence-electron chi connectivity index (χ4n) is 3.15. The third-order valence-corrected chi connectivity index (χ3v) is 4.92. The molecule has 1 amide bonds. The van der Waals surface area contributed by atoms with Crippen LogP contribution < -0.4 is 5.32 Å². The number of carbonyl (C=O) groups is 1. The van der Waals surface area contributed by atoms with Gasteiger partial charge < -0.3 is 15.0 Å². The molecule has 3 aromatic rings. The van der Waals surface area contributed by atoms with E-state index in [9.17, 15) is 4.79 Å². The van der Waals surface area contributed by atoms with Gasteiger partial charge in [0.15, 0.2) is 0 Å². The van der Waals surface area contributed by atoms with Gasteiger partial charge in [0.2, 0.25) is 0 Å². The first-order valence-electron chi connectivity index (χ1n) is 9.03. The Kier molecular flexibility index (Phi) is 5.38. The van der Waals surface area contributed by atoms with Crippen molar-refractivity contribution < 1.29 is 9.53 Å². The normalized spacial score (nSPS) is 15.1. The highest BCUT2D eigenvalue weighted by Gasteiger charge is 2.11. The lowest BCUT2D eigenvalue weighted by atomic mass is 10.1. The molecule has 6 nitrogen and oxygen atoms in total. The van der Waals surface area contributed by atoms with Crippen LogP contribution in [0.25, 0.3) is 22.4 Å². The van der Waals surface area contributed by atoms with E-state index in [1.807, 2.05) is 42.5 Å². The number of halogens is 1. The standard InChI is InChI=1S/C20H21ClN4O2/c21-16-5-6-17-18(13-16)24-19(23-17)14-1-3-15(4-2-14)20(26)22-7-8-25-9-11-27-12-10-25/h1-6,13H,7-12H2,(H,22,26)(H,23,24). The van der Waals surface area contributed by atoms with Gasteiger partial charge in [-0.2, -0.15) is 0 Å².